The topological polar surface area (TPSA) is 25.8 Å². The average molecular weight is 289 g/mol. The molecule has 2 aromatic heterocycles. The van der Waals surface area contributed by atoms with Crippen LogP contribution in [0.1, 0.15) is 34.8 Å². The van der Waals surface area contributed by atoms with Crippen molar-refractivity contribution in [1.82, 2.24) is 9.97 Å². The second-order valence-electron chi connectivity index (χ2n) is 6.19. The number of hydrogen-bond acceptors (Lipinski definition) is 2. The van der Waals surface area contributed by atoms with Gasteiger partial charge in [-0.1, -0.05) is 44.2 Å². The highest BCUT2D eigenvalue weighted by atomic mass is 14.8. The van der Waals surface area contributed by atoms with Crippen LogP contribution >= 0.6 is 0 Å². The maximum atomic E-state index is 7.55. The maximum absolute atomic E-state index is 7.55. The molecule has 1 aromatic carbocycles. The van der Waals surface area contributed by atoms with Gasteiger partial charge in [-0.05, 0) is 47.3 Å². The van der Waals surface area contributed by atoms with Gasteiger partial charge in [-0.15, -0.1) is 0 Å². The van der Waals surface area contributed by atoms with Crippen LogP contribution in [0.15, 0.2) is 54.7 Å². The molecular weight excluding hydrogens is 268 g/mol. The first-order valence-electron chi connectivity index (χ1n) is 8.87. The van der Waals surface area contributed by atoms with Crippen LogP contribution in [-0.4, -0.2) is 9.97 Å². The van der Waals surface area contributed by atoms with E-state index >= 15 is 0 Å². The second-order valence-corrected chi connectivity index (χ2v) is 6.19. The summed E-state index contributed by atoms with van der Waals surface area (Å²) in [6.07, 6.45) is 1.90. The van der Waals surface area contributed by atoms with Crippen LogP contribution in [-0.2, 0) is 5.41 Å². The van der Waals surface area contributed by atoms with Gasteiger partial charge in [-0.2, -0.15) is 0 Å². The lowest BCUT2D eigenvalue weighted by molar-refractivity contribution is 0.657. The van der Waals surface area contributed by atoms with E-state index in [0.717, 1.165) is 5.56 Å². The van der Waals surface area contributed by atoms with Gasteiger partial charge in [0, 0.05) is 21.4 Å². The lowest BCUT2D eigenvalue weighted by atomic mass is 9.83. The van der Waals surface area contributed by atoms with Gasteiger partial charge in [-0.3, -0.25) is 9.97 Å². The maximum Gasteiger partial charge on any atom is 0.0892 e. The molecule has 0 radical (unpaired) electrons. The van der Waals surface area contributed by atoms with Crippen LogP contribution < -0.4 is 0 Å². The summed E-state index contributed by atoms with van der Waals surface area (Å²) in [4.78, 5) is 8.88. The van der Waals surface area contributed by atoms with Gasteiger partial charge in [0.25, 0.3) is 0 Å². The van der Waals surface area contributed by atoms with E-state index < -0.39 is 6.85 Å². The second kappa shape index (κ2) is 4.51. The van der Waals surface area contributed by atoms with E-state index in [2.05, 4.69) is 42.0 Å². The van der Waals surface area contributed by atoms with Crippen molar-refractivity contribution >= 4 is 0 Å². The fraction of sp³-hybridized carbons (Fsp3) is 0.200. The van der Waals surface area contributed by atoms with Crippen LogP contribution in [0.3, 0.4) is 0 Å². The highest BCUT2D eigenvalue weighted by Gasteiger charge is 2.35. The average Bonchev–Trinajstić information content (AvgIpc) is 2.82. The quantitative estimate of drug-likeness (QED) is 0.645. The van der Waals surface area contributed by atoms with E-state index in [1.807, 2.05) is 18.3 Å². The van der Waals surface area contributed by atoms with Crippen molar-refractivity contribution in [2.45, 2.75) is 26.1 Å². The van der Waals surface area contributed by atoms with Gasteiger partial charge >= 0.3 is 0 Å². The predicted molar refractivity (Wildman–Crippen MR) is 89.8 cm³/mol. The third kappa shape index (κ3) is 1.80. The zero-order valence-electron chi connectivity index (χ0n) is 15.6. The molecule has 0 N–H and O–H groups in total. The van der Waals surface area contributed by atoms with Gasteiger partial charge in [0.05, 0.1) is 11.4 Å². The van der Waals surface area contributed by atoms with Crippen molar-refractivity contribution in [3.63, 3.8) is 0 Å². The first kappa shape index (κ1) is 10.3. The Morgan fingerprint density at radius 1 is 0.909 bits per heavy atom. The van der Waals surface area contributed by atoms with Crippen molar-refractivity contribution in [3.8, 4) is 22.5 Å². The molecule has 2 nitrogen and oxygen atoms in total. The zero-order chi connectivity index (χ0) is 17.8. The molecular formula is C20H18N2. The van der Waals surface area contributed by atoms with E-state index in [0.29, 0.717) is 11.4 Å². The molecule has 0 spiro atoms. The Kier molecular flexibility index (Phi) is 2.11. The number of fused-ring (bicyclic) bond motifs is 3. The molecule has 0 saturated carbocycles. The number of pyridine rings is 2. The molecule has 3 aromatic rings. The largest absolute Gasteiger partial charge is 0.254 e. The van der Waals surface area contributed by atoms with E-state index in [-0.39, 0.29) is 11.1 Å². The lowest BCUT2D eigenvalue weighted by Crippen LogP contribution is -2.15. The first-order chi connectivity index (χ1) is 11.8. The molecule has 4 rings (SSSR count). The van der Waals surface area contributed by atoms with Gasteiger partial charge in [-0.25, -0.2) is 0 Å². The summed E-state index contributed by atoms with van der Waals surface area (Å²) in [7, 11) is 0. The summed E-state index contributed by atoms with van der Waals surface area (Å²) in [6, 6.07) is 15.4. The van der Waals surface area contributed by atoms with E-state index in [1.54, 1.807) is 12.1 Å². The van der Waals surface area contributed by atoms with E-state index in [1.165, 1.54) is 22.8 Å². The standard InChI is InChI=1S/C20H18N2/c1-13-7-6-10-18(22-13)19-11-15-14-8-4-5-9-16(14)20(2,3)17(15)12-21-19/h4-12H,1-3H3/i1D3. The van der Waals surface area contributed by atoms with Crippen LogP contribution in [0.4, 0.5) is 0 Å². The number of hydrogen-bond donors (Lipinski definition) is 0. The molecule has 0 amide bonds. The minimum absolute atomic E-state index is 0.0908. The summed E-state index contributed by atoms with van der Waals surface area (Å²) >= 11 is 0. The molecule has 1 aliphatic rings. The molecule has 2 heteroatoms. The smallest absolute Gasteiger partial charge is 0.0892 e. The monoisotopic (exact) mass is 289 g/mol. The minimum atomic E-state index is -2.22. The molecule has 108 valence electrons. The summed E-state index contributed by atoms with van der Waals surface area (Å²) in [5, 5.41) is 0. The normalized spacial score (nSPS) is 17.1. The molecule has 0 aliphatic heterocycles. The third-order valence-corrected chi connectivity index (χ3v) is 4.48. The lowest BCUT2D eigenvalue weighted by Gasteiger charge is -2.20. The predicted octanol–water partition coefficient (Wildman–Crippen LogP) is 4.76. The Morgan fingerprint density at radius 2 is 1.77 bits per heavy atom. The number of benzene rings is 1. The van der Waals surface area contributed by atoms with Crippen LogP contribution in [0.25, 0.3) is 22.5 Å². The van der Waals surface area contributed by atoms with E-state index in [9.17, 15) is 0 Å². The fourth-order valence-corrected chi connectivity index (χ4v) is 3.30. The molecule has 0 bridgehead atoms. The Labute approximate surface area is 135 Å². The van der Waals surface area contributed by atoms with Crippen molar-refractivity contribution in [3.05, 3.63) is 71.5 Å². The third-order valence-electron chi connectivity index (χ3n) is 4.48. The minimum Gasteiger partial charge on any atom is -0.254 e. The van der Waals surface area contributed by atoms with Crippen molar-refractivity contribution in [2.24, 2.45) is 0 Å². The SMILES string of the molecule is [2H]C([2H])([2H])c1cccc(-c2cc3c(cn2)C(C)(C)c2ccccc2-3)n1. The van der Waals surface area contributed by atoms with Crippen molar-refractivity contribution < 1.29 is 4.11 Å². The Hall–Kier alpha value is -2.48. The van der Waals surface area contributed by atoms with Gasteiger partial charge in [0.2, 0.25) is 0 Å². The molecule has 22 heavy (non-hydrogen) atoms. The molecule has 0 saturated heterocycles. The van der Waals surface area contributed by atoms with Gasteiger partial charge in [0.1, 0.15) is 0 Å². The molecule has 1 aliphatic carbocycles. The number of aromatic nitrogens is 2. The highest BCUT2D eigenvalue weighted by Crippen LogP contribution is 2.48. The number of rotatable bonds is 1. The number of aryl methyl sites for hydroxylation is 1. The summed E-state index contributed by atoms with van der Waals surface area (Å²) < 4.78 is 22.7. The van der Waals surface area contributed by atoms with Gasteiger partial charge < -0.3 is 0 Å². The zero-order valence-corrected chi connectivity index (χ0v) is 12.6. The number of nitrogens with zero attached hydrogens (tertiary/aromatic N) is 2. The molecule has 2 heterocycles. The van der Waals surface area contributed by atoms with Crippen LogP contribution in [0, 0.1) is 6.85 Å². The van der Waals surface area contributed by atoms with Crippen molar-refractivity contribution in [1.29, 1.82) is 0 Å². The van der Waals surface area contributed by atoms with E-state index in [4.69, 9.17) is 4.11 Å². The summed E-state index contributed by atoms with van der Waals surface area (Å²) in [5.74, 6) is 0. The molecule has 0 atom stereocenters. The summed E-state index contributed by atoms with van der Waals surface area (Å²) in [6.45, 7) is 2.18. The Bertz CT molecular complexity index is 975. The fourth-order valence-electron chi connectivity index (χ4n) is 3.30. The van der Waals surface area contributed by atoms with Crippen LogP contribution in [0.5, 0.6) is 0 Å². The highest BCUT2D eigenvalue weighted by molar-refractivity contribution is 5.82. The van der Waals surface area contributed by atoms with Crippen molar-refractivity contribution in [2.75, 3.05) is 0 Å². The van der Waals surface area contributed by atoms with Crippen LogP contribution in [0.2, 0.25) is 0 Å². The molecule has 0 unspecified atom stereocenters. The first-order valence-corrected chi connectivity index (χ1v) is 7.37. The summed E-state index contributed by atoms with van der Waals surface area (Å²) in [5.41, 5.74) is 6.09. The Morgan fingerprint density at radius 3 is 2.64 bits per heavy atom. The van der Waals surface area contributed by atoms with Gasteiger partial charge in [0.15, 0.2) is 0 Å². The Balaban J connectivity index is 1.88. The molecule has 0 fully saturated rings.